The van der Waals surface area contributed by atoms with Gasteiger partial charge in [-0.3, -0.25) is 4.79 Å². The van der Waals surface area contributed by atoms with E-state index >= 15 is 0 Å². The van der Waals surface area contributed by atoms with Gasteiger partial charge in [-0.2, -0.15) is 0 Å². The van der Waals surface area contributed by atoms with E-state index in [2.05, 4.69) is 9.97 Å². The first kappa shape index (κ1) is 10.2. The normalized spacial score (nSPS) is 18.9. The SMILES string of the molecule is Cc1ncc2cc3c(cc2n1)C(C)C(=O)N3C. The van der Waals surface area contributed by atoms with Crippen LogP contribution in [0, 0.1) is 6.92 Å². The smallest absolute Gasteiger partial charge is 0.234 e. The first-order valence-corrected chi connectivity index (χ1v) is 5.63. The molecule has 0 aliphatic carbocycles. The summed E-state index contributed by atoms with van der Waals surface area (Å²) in [5, 5.41) is 0.975. The molecule has 2 aromatic rings. The number of aryl methyl sites for hydroxylation is 1. The zero-order valence-corrected chi connectivity index (χ0v) is 10.1. The molecule has 1 unspecified atom stereocenters. The van der Waals surface area contributed by atoms with E-state index in [9.17, 15) is 4.79 Å². The highest BCUT2D eigenvalue weighted by molar-refractivity contribution is 6.06. The van der Waals surface area contributed by atoms with Crippen molar-refractivity contribution >= 4 is 22.5 Å². The predicted molar refractivity (Wildman–Crippen MR) is 66.1 cm³/mol. The van der Waals surface area contributed by atoms with Gasteiger partial charge in [0.05, 0.1) is 11.4 Å². The molecule has 4 heteroatoms. The minimum Gasteiger partial charge on any atom is -0.315 e. The van der Waals surface area contributed by atoms with E-state index in [1.54, 1.807) is 11.1 Å². The fourth-order valence-electron chi connectivity index (χ4n) is 2.36. The number of aromatic nitrogens is 2. The number of hydrogen-bond donors (Lipinski definition) is 0. The van der Waals surface area contributed by atoms with Crippen LogP contribution < -0.4 is 4.90 Å². The number of hydrogen-bond acceptors (Lipinski definition) is 3. The summed E-state index contributed by atoms with van der Waals surface area (Å²) in [6.07, 6.45) is 1.80. The van der Waals surface area contributed by atoms with Crippen molar-refractivity contribution in [2.45, 2.75) is 19.8 Å². The Hall–Kier alpha value is -1.97. The summed E-state index contributed by atoms with van der Waals surface area (Å²) in [4.78, 5) is 22.2. The second kappa shape index (κ2) is 3.26. The molecule has 0 radical (unpaired) electrons. The number of anilines is 1. The van der Waals surface area contributed by atoms with Crippen molar-refractivity contribution in [1.29, 1.82) is 0 Å². The van der Waals surface area contributed by atoms with Crippen LogP contribution in [0.25, 0.3) is 10.9 Å². The first-order valence-electron chi connectivity index (χ1n) is 5.63. The van der Waals surface area contributed by atoms with Crippen LogP contribution in [0.5, 0.6) is 0 Å². The topological polar surface area (TPSA) is 46.1 Å². The van der Waals surface area contributed by atoms with Gasteiger partial charge in [0, 0.05) is 24.3 Å². The molecule has 0 N–H and O–H groups in total. The van der Waals surface area contributed by atoms with Gasteiger partial charge in [0.15, 0.2) is 0 Å². The van der Waals surface area contributed by atoms with Gasteiger partial charge in [0.1, 0.15) is 5.82 Å². The lowest BCUT2D eigenvalue weighted by Crippen LogP contribution is -2.22. The van der Waals surface area contributed by atoms with Gasteiger partial charge in [0.25, 0.3) is 0 Å². The van der Waals surface area contributed by atoms with Crippen LogP contribution in [-0.4, -0.2) is 22.9 Å². The molecule has 1 aliphatic heterocycles. The maximum atomic E-state index is 11.9. The van der Waals surface area contributed by atoms with E-state index in [4.69, 9.17) is 0 Å². The molecule has 2 heterocycles. The van der Waals surface area contributed by atoms with Crippen LogP contribution in [0.3, 0.4) is 0 Å². The molecule has 0 fully saturated rings. The predicted octanol–water partition coefficient (Wildman–Crippen LogP) is 2.02. The van der Waals surface area contributed by atoms with Crippen molar-refractivity contribution in [2.75, 3.05) is 11.9 Å². The number of carbonyl (C=O) groups excluding carboxylic acids is 1. The van der Waals surface area contributed by atoms with Crippen LogP contribution in [0.2, 0.25) is 0 Å². The number of carbonyl (C=O) groups is 1. The van der Waals surface area contributed by atoms with Crippen molar-refractivity contribution in [3.8, 4) is 0 Å². The summed E-state index contributed by atoms with van der Waals surface area (Å²) in [5.41, 5.74) is 2.94. The average Bonchev–Trinajstić information content (AvgIpc) is 2.52. The van der Waals surface area contributed by atoms with Crippen LogP contribution in [0.1, 0.15) is 24.2 Å². The summed E-state index contributed by atoms with van der Waals surface area (Å²) in [6.45, 7) is 3.80. The lowest BCUT2D eigenvalue weighted by Gasteiger charge is -2.10. The third-order valence-corrected chi connectivity index (χ3v) is 3.38. The molecule has 0 bridgehead atoms. The monoisotopic (exact) mass is 227 g/mol. The van der Waals surface area contributed by atoms with Crippen LogP contribution in [0.15, 0.2) is 18.3 Å². The standard InChI is InChI=1S/C13H13N3O/c1-7-10-5-11-9(6-14-8(2)15-11)4-12(10)16(3)13(7)17/h4-7H,1-3H3. The molecule has 17 heavy (non-hydrogen) atoms. The second-order valence-corrected chi connectivity index (χ2v) is 4.51. The Bertz CT molecular complexity index is 636. The van der Waals surface area contributed by atoms with Crippen molar-refractivity contribution < 1.29 is 4.79 Å². The summed E-state index contributed by atoms with van der Waals surface area (Å²) >= 11 is 0. The highest BCUT2D eigenvalue weighted by atomic mass is 16.2. The number of amides is 1. The Morgan fingerprint density at radius 1 is 1.35 bits per heavy atom. The molecule has 4 nitrogen and oxygen atoms in total. The highest BCUT2D eigenvalue weighted by Gasteiger charge is 2.32. The van der Waals surface area contributed by atoms with Gasteiger partial charge >= 0.3 is 0 Å². The number of rotatable bonds is 0. The molecule has 86 valence electrons. The van der Waals surface area contributed by atoms with E-state index in [1.807, 2.05) is 33.0 Å². The Kier molecular flexibility index (Phi) is 1.96. The second-order valence-electron chi connectivity index (χ2n) is 4.51. The third kappa shape index (κ3) is 1.33. The lowest BCUT2D eigenvalue weighted by molar-refractivity contribution is -0.118. The fourth-order valence-corrected chi connectivity index (χ4v) is 2.36. The highest BCUT2D eigenvalue weighted by Crippen LogP contribution is 2.38. The molecular weight excluding hydrogens is 214 g/mol. The Morgan fingerprint density at radius 2 is 2.12 bits per heavy atom. The van der Waals surface area contributed by atoms with Gasteiger partial charge < -0.3 is 4.90 Å². The zero-order valence-electron chi connectivity index (χ0n) is 10.1. The van der Waals surface area contributed by atoms with E-state index < -0.39 is 0 Å². The number of fused-ring (bicyclic) bond motifs is 2. The zero-order chi connectivity index (χ0) is 12.2. The van der Waals surface area contributed by atoms with Crippen LogP contribution in [0.4, 0.5) is 5.69 Å². The third-order valence-electron chi connectivity index (χ3n) is 3.38. The van der Waals surface area contributed by atoms with Crippen molar-refractivity contribution in [3.63, 3.8) is 0 Å². The molecule has 1 aromatic heterocycles. The van der Waals surface area contributed by atoms with E-state index in [0.29, 0.717) is 0 Å². The summed E-state index contributed by atoms with van der Waals surface area (Å²) in [6, 6.07) is 4.00. The molecule has 1 aliphatic rings. The van der Waals surface area contributed by atoms with E-state index in [-0.39, 0.29) is 11.8 Å². The maximum absolute atomic E-state index is 11.9. The quantitative estimate of drug-likeness (QED) is 0.691. The molecule has 1 atom stereocenters. The van der Waals surface area contributed by atoms with Gasteiger partial charge in [-0.25, -0.2) is 9.97 Å². The van der Waals surface area contributed by atoms with E-state index in [1.165, 1.54) is 0 Å². The van der Waals surface area contributed by atoms with Crippen molar-refractivity contribution in [3.05, 3.63) is 29.7 Å². The molecular formula is C13H13N3O. The Labute approximate surface area is 99.3 Å². The van der Waals surface area contributed by atoms with Crippen molar-refractivity contribution in [2.24, 2.45) is 0 Å². The lowest BCUT2D eigenvalue weighted by atomic mass is 10.0. The van der Waals surface area contributed by atoms with E-state index in [0.717, 1.165) is 28.0 Å². The molecule has 0 spiro atoms. The molecule has 1 aromatic carbocycles. The molecule has 3 rings (SSSR count). The summed E-state index contributed by atoms with van der Waals surface area (Å²) < 4.78 is 0. The number of benzene rings is 1. The van der Waals surface area contributed by atoms with Gasteiger partial charge in [-0.15, -0.1) is 0 Å². The number of nitrogens with zero attached hydrogens (tertiary/aromatic N) is 3. The van der Waals surface area contributed by atoms with Gasteiger partial charge in [0.2, 0.25) is 5.91 Å². The average molecular weight is 227 g/mol. The van der Waals surface area contributed by atoms with Crippen LogP contribution >= 0.6 is 0 Å². The largest absolute Gasteiger partial charge is 0.315 e. The minimum absolute atomic E-state index is 0.0744. The Balaban J connectivity index is 2.32. The summed E-state index contributed by atoms with van der Waals surface area (Å²) in [5.74, 6) is 0.817. The first-order chi connectivity index (χ1) is 8.08. The summed E-state index contributed by atoms with van der Waals surface area (Å²) in [7, 11) is 1.81. The number of likely N-dealkylation sites (N-methyl/N-ethyl adjacent to an activating group) is 1. The fraction of sp³-hybridized carbons (Fsp3) is 0.308. The van der Waals surface area contributed by atoms with Gasteiger partial charge in [-0.05, 0) is 31.5 Å². The molecule has 1 amide bonds. The van der Waals surface area contributed by atoms with Crippen LogP contribution in [-0.2, 0) is 4.79 Å². The van der Waals surface area contributed by atoms with Gasteiger partial charge in [-0.1, -0.05) is 0 Å². The minimum atomic E-state index is -0.0744. The molecule has 0 saturated carbocycles. The Morgan fingerprint density at radius 3 is 2.88 bits per heavy atom. The molecule has 0 saturated heterocycles. The maximum Gasteiger partial charge on any atom is 0.234 e. The van der Waals surface area contributed by atoms with Crippen molar-refractivity contribution in [1.82, 2.24) is 9.97 Å².